The van der Waals surface area contributed by atoms with Gasteiger partial charge in [-0.15, -0.1) is 0 Å². The van der Waals surface area contributed by atoms with Gasteiger partial charge in [0, 0.05) is 7.05 Å². The van der Waals surface area contributed by atoms with Crippen LogP contribution >= 0.6 is 0 Å². The summed E-state index contributed by atoms with van der Waals surface area (Å²) in [5.41, 5.74) is 5.24. The van der Waals surface area contributed by atoms with Gasteiger partial charge in [0.15, 0.2) is 5.78 Å². The summed E-state index contributed by atoms with van der Waals surface area (Å²) in [7, 11) is 1.63. The number of hydrogen-bond acceptors (Lipinski definition) is 3. The molecule has 0 saturated carbocycles. The number of carbonyl (C=O) groups is 2. The van der Waals surface area contributed by atoms with Gasteiger partial charge in [0.2, 0.25) is 5.91 Å². The average molecular weight is 200 g/mol. The Morgan fingerprint density at radius 2 is 1.86 bits per heavy atom. The van der Waals surface area contributed by atoms with Crippen LogP contribution in [0.5, 0.6) is 0 Å². The van der Waals surface area contributed by atoms with Gasteiger partial charge < -0.3 is 10.6 Å². The lowest BCUT2D eigenvalue weighted by Crippen LogP contribution is -2.44. The average Bonchev–Trinajstić information content (AvgIpc) is 2.11. The minimum atomic E-state index is -0.328. The Kier molecular flexibility index (Phi) is 5.38. The van der Waals surface area contributed by atoms with Crippen LogP contribution in [-0.4, -0.2) is 36.2 Å². The normalized spacial score (nSPS) is 12.7. The lowest BCUT2D eigenvalue weighted by Gasteiger charge is -2.27. The molecule has 0 aromatic rings. The van der Waals surface area contributed by atoms with Gasteiger partial charge in [-0.05, 0) is 19.3 Å². The van der Waals surface area contributed by atoms with Crippen molar-refractivity contribution in [3.05, 3.63) is 0 Å². The van der Waals surface area contributed by atoms with Gasteiger partial charge in [-0.25, -0.2) is 0 Å². The smallest absolute Gasteiger partial charge is 0.236 e. The summed E-state index contributed by atoms with van der Waals surface area (Å²) < 4.78 is 0. The lowest BCUT2D eigenvalue weighted by molar-refractivity contribution is -0.136. The second-order valence-corrected chi connectivity index (χ2v) is 3.96. The van der Waals surface area contributed by atoms with Crippen LogP contribution in [0, 0.1) is 5.92 Å². The van der Waals surface area contributed by atoms with Crippen LogP contribution < -0.4 is 5.73 Å². The molecule has 2 N–H and O–H groups in total. The Morgan fingerprint density at radius 3 is 2.14 bits per heavy atom. The first-order valence-electron chi connectivity index (χ1n) is 4.86. The highest BCUT2D eigenvalue weighted by Crippen LogP contribution is 2.11. The van der Waals surface area contributed by atoms with E-state index in [0.29, 0.717) is 12.3 Å². The van der Waals surface area contributed by atoms with Crippen molar-refractivity contribution in [2.45, 2.75) is 33.2 Å². The van der Waals surface area contributed by atoms with Crippen LogP contribution in [0.25, 0.3) is 0 Å². The molecule has 0 aromatic heterocycles. The number of carbonyl (C=O) groups excluding carboxylic acids is 2. The predicted molar refractivity (Wildman–Crippen MR) is 55.7 cm³/mol. The van der Waals surface area contributed by atoms with Crippen LogP contribution in [0.1, 0.15) is 27.2 Å². The zero-order valence-electron chi connectivity index (χ0n) is 9.41. The highest BCUT2D eigenvalue weighted by molar-refractivity contribution is 5.87. The summed E-state index contributed by atoms with van der Waals surface area (Å²) in [6.07, 6.45) is 0.692. The van der Waals surface area contributed by atoms with E-state index in [4.69, 9.17) is 5.73 Å². The van der Waals surface area contributed by atoms with E-state index >= 15 is 0 Å². The minimum absolute atomic E-state index is 0.0167. The third-order valence-electron chi connectivity index (χ3n) is 2.20. The fraction of sp³-hybridized carbons (Fsp3) is 0.800. The number of hydrogen-bond donors (Lipinski definition) is 1. The second kappa shape index (κ2) is 5.75. The zero-order chi connectivity index (χ0) is 11.3. The molecule has 0 aliphatic rings. The van der Waals surface area contributed by atoms with Crippen LogP contribution in [0.3, 0.4) is 0 Å². The molecule has 0 aromatic carbocycles. The molecule has 0 rings (SSSR count). The molecule has 0 heterocycles. The Balaban J connectivity index is 4.48. The SMILES string of the molecule is CC(=O)[C@@H](CC(C)C)N(C)C(=O)CN. The van der Waals surface area contributed by atoms with Crippen molar-refractivity contribution in [2.24, 2.45) is 11.7 Å². The van der Waals surface area contributed by atoms with E-state index < -0.39 is 0 Å². The summed E-state index contributed by atoms with van der Waals surface area (Å²) in [5, 5.41) is 0. The Morgan fingerprint density at radius 1 is 1.36 bits per heavy atom. The predicted octanol–water partition coefficient (Wildman–Crippen LogP) is 0.407. The highest BCUT2D eigenvalue weighted by atomic mass is 16.2. The molecule has 0 aliphatic carbocycles. The summed E-state index contributed by atoms with van der Waals surface area (Å²) in [4.78, 5) is 24.0. The van der Waals surface area contributed by atoms with E-state index in [1.807, 2.05) is 13.8 Å². The molecule has 14 heavy (non-hydrogen) atoms. The fourth-order valence-electron chi connectivity index (χ4n) is 1.36. The maximum atomic E-state index is 11.3. The molecule has 0 aliphatic heterocycles. The number of nitrogens with two attached hydrogens (primary N) is 1. The van der Waals surface area contributed by atoms with E-state index in [-0.39, 0.29) is 24.3 Å². The monoisotopic (exact) mass is 200 g/mol. The molecule has 82 valence electrons. The highest BCUT2D eigenvalue weighted by Gasteiger charge is 2.23. The summed E-state index contributed by atoms with van der Waals surface area (Å²) in [6, 6.07) is -0.328. The van der Waals surface area contributed by atoms with E-state index in [2.05, 4.69) is 0 Å². The quantitative estimate of drug-likeness (QED) is 0.699. The van der Waals surface area contributed by atoms with Crippen molar-refractivity contribution in [2.75, 3.05) is 13.6 Å². The van der Waals surface area contributed by atoms with Crippen LogP contribution in [-0.2, 0) is 9.59 Å². The summed E-state index contributed by atoms with van der Waals surface area (Å²) >= 11 is 0. The van der Waals surface area contributed by atoms with Crippen LogP contribution in [0.2, 0.25) is 0 Å². The zero-order valence-corrected chi connectivity index (χ0v) is 9.41. The largest absolute Gasteiger partial charge is 0.335 e. The molecule has 0 fully saturated rings. The molecule has 0 unspecified atom stereocenters. The molecule has 0 bridgehead atoms. The fourth-order valence-corrected chi connectivity index (χ4v) is 1.36. The third kappa shape index (κ3) is 3.87. The molecule has 0 spiro atoms. The molecule has 4 nitrogen and oxygen atoms in total. The third-order valence-corrected chi connectivity index (χ3v) is 2.20. The first-order valence-corrected chi connectivity index (χ1v) is 4.86. The van der Waals surface area contributed by atoms with Gasteiger partial charge in [0.1, 0.15) is 0 Å². The Labute approximate surface area is 85.4 Å². The standard InChI is InChI=1S/C10H20N2O2/c1-7(2)5-9(8(3)13)12(4)10(14)6-11/h7,9H,5-6,11H2,1-4H3/t9-/m1/s1. The van der Waals surface area contributed by atoms with Gasteiger partial charge in [-0.2, -0.15) is 0 Å². The number of likely N-dealkylation sites (N-methyl/N-ethyl adjacent to an activating group) is 1. The number of amides is 1. The van der Waals surface area contributed by atoms with E-state index in [9.17, 15) is 9.59 Å². The molecule has 0 saturated heterocycles. The summed E-state index contributed by atoms with van der Waals surface area (Å²) in [5.74, 6) is 0.214. The van der Waals surface area contributed by atoms with Crippen molar-refractivity contribution in [1.29, 1.82) is 0 Å². The first-order chi connectivity index (χ1) is 6.40. The van der Waals surface area contributed by atoms with E-state index in [1.165, 1.54) is 11.8 Å². The molecule has 0 radical (unpaired) electrons. The number of rotatable bonds is 5. The number of Topliss-reactive ketones (excluding diaryl/α,β-unsaturated/α-hetero) is 1. The first kappa shape index (κ1) is 13.1. The number of ketones is 1. The lowest BCUT2D eigenvalue weighted by atomic mass is 10.00. The van der Waals surface area contributed by atoms with E-state index in [1.54, 1.807) is 7.05 Å². The minimum Gasteiger partial charge on any atom is -0.335 e. The van der Waals surface area contributed by atoms with Crippen LogP contribution in [0.4, 0.5) is 0 Å². The maximum absolute atomic E-state index is 11.3. The Hall–Kier alpha value is -0.900. The van der Waals surface area contributed by atoms with Crippen molar-refractivity contribution in [3.8, 4) is 0 Å². The van der Waals surface area contributed by atoms with Gasteiger partial charge in [0.25, 0.3) is 0 Å². The van der Waals surface area contributed by atoms with Gasteiger partial charge in [-0.1, -0.05) is 13.8 Å². The van der Waals surface area contributed by atoms with Crippen molar-refractivity contribution in [1.82, 2.24) is 4.90 Å². The maximum Gasteiger partial charge on any atom is 0.236 e. The van der Waals surface area contributed by atoms with Crippen molar-refractivity contribution >= 4 is 11.7 Å². The molecule has 1 amide bonds. The molecular weight excluding hydrogens is 180 g/mol. The van der Waals surface area contributed by atoms with Crippen LogP contribution in [0.15, 0.2) is 0 Å². The topological polar surface area (TPSA) is 63.4 Å². The van der Waals surface area contributed by atoms with E-state index in [0.717, 1.165) is 0 Å². The number of nitrogens with zero attached hydrogens (tertiary/aromatic N) is 1. The van der Waals surface area contributed by atoms with Crippen molar-refractivity contribution < 1.29 is 9.59 Å². The Bertz CT molecular complexity index is 214. The molecular formula is C10H20N2O2. The van der Waals surface area contributed by atoms with Gasteiger partial charge in [0.05, 0.1) is 12.6 Å². The molecule has 4 heteroatoms. The molecule has 1 atom stereocenters. The van der Waals surface area contributed by atoms with Crippen molar-refractivity contribution in [3.63, 3.8) is 0 Å². The summed E-state index contributed by atoms with van der Waals surface area (Å²) in [6.45, 7) is 5.51. The van der Waals surface area contributed by atoms with Gasteiger partial charge >= 0.3 is 0 Å². The second-order valence-electron chi connectivity index (χ2n) is 3.96. The van der Waals surface area contributed by atoms with Gasteiger partial charge in [-0.3, -0.25) is 9.59 Å².